The molecule has 1 heterocycles. The lowest BCUT2D eigenvalue weighted by Gasteiger charge is -2.25. The Balaban J connectivity index is 3.07. The molecule has 0 aromatic heterocycles. The van der Waals surface area contributed by atoms with Crippen LogP contribution in [-0.4, -0.2) is 36.6 Å². The summed E-state index contributed by atoms with van der Waals surface area (Å²) in [6.45, 7) is 0. The van der Waals surface area contributed by atoms with Gasteiger partial charge in [-0.3, -0.25) is 0 Å². The van der Waals surface area contributed by atoms with Gasteiger partial charge in [0.15, 0.2) is 0 Å². The Hall–Kier alpha value is -0.730. The molecule has 0 saturated heterocycles. The largest absolute Gasteiger partial charge is 0.466 e. The molecule has 0 aliphatic carbocycles. The molecule has 17 heavy (non-hydrogen) atoms. The highest BCUT2D eigenvalue weighted by atomic mass is 35.5. The average Bonchev–Trinajstić information content (AvgIpc) is 2.56. The number of halogens is 4. The number of allylic oxidation sites excluding steroid dienone is 1. The second-order valence-electron chi connectivity index (χ2n) is 2.82. The maximum atomic E-state index is 12.7. The smallest absolute Gasteiger partial charge is 0.449 e. The van der Waals surface area contributed by atoms with E-state index in [0.717, 1.165) is 20.3 Å². The molecule has 9 heteroatoms. The van der Waals surface area contributed by atoms with Crippen molar-refractivity contribution in [2.24, 2.45) is 4.99 Å². The van der Waals surface area contributed by atoms with Gasteiger partial charge in [0.1, 0.15) is 5.17 Å². The molecule has 1 aliphatic rings. The summed E-state index contributed by atoms with van der Waals surface area (Å²) >= 11 is 5.72. The number of hydrogen-bond acceptors (Lipinski definition) is 5. The average molecular weight is 290 g/mol. The van der Waals surface area contributed by atoms with Gasteiger partial charge < -0.3 is 9.47 Å². The number of nitrogens with zero attached hydrogens (tertiary/aromatic N) is 1. The van der Waals surface area contributed by atoms with Gasteiger partial charge in [-0.25, -0.2) is 9.79 Å². The minimum absolute atomic E-state index is 0.155. The van der Waals surface area contributed by atoms with Crippen LogP contribution in [0.15, 0.2) is 16.0 Å². The molecule has 4 nitrogen and oxygen atoms in total. The Morgan fingerprint density at radius 2 is 2.12 bits per heavy atom. The van der Waals surface area contributed by atoms with Crippen molar-refractivity contribution in [3.63, 3.8) is 0 Å². The minimum Gasteiger partial charge on any atom is -0.466 e. The zero-order valence-corrected chi connectivity index (χ0v) is 10.2. The molecule has 0 fully saturated rings. The van der Waals surface area contributed by atoms with Gasteiger partial charge in [0.05, 0.1) is 12.0 Å². The van der Waals surface area contributed by atoms with Gasteiger partial charge in [-0.1, -0.05) is 23.4 Å². The maximum absolute atomic E-state index is 12.7. The van der Waals surface area contributed by atoms with Gasteiger partial charge in [-0.2, -0.15) is 13.2 Å². The predicted molar refractivity (Wildman–Crippen MR) is 56.8 cm³/mol. The minimum atomic E-state index is -4.75. The second-order valence-corrected chi connectivity index (χ2v) is 4.38. The standard InChI is InChI=1S/C8H7ClF3NO3S/c1-15-5(14)3-4-6(9)13-8(16-2,17-4)7(10,11)12/h3H,1-2H3/b4-3+/t8-/m1/s1. The molecule has 0 radical (unpaired) electrons. The van der Waals surface area contributed by atoms with E-state index in [1.54, 1.807) is 0 Å². The summed E-state index contributed by atoms with van der Waals surface area (Å²) in [7, 11) is 1.95. The van der Waals surface area contributed by atoms with Crippen LogP contribution in [0.4, 0.5) is 13.2 Å². The molecule has 1 rings (SSSR count). The number of ether oxygens (including phenoxy) is 2. The number of alkyl halides is 3. The number of thioether (sulfide) groups is 1. The quantitative estimate of drug-likeness (QED) is 0.578. The molecule has 1 aliphatic heterocycles. The molecular formula is C8H7ClF3NO3S. The first-order valence-electron chi connectivity index (χ1n) is 4.12. The summed E-state index contributed by atoms with van der Waals surface area (Å²) < 4.78 is 46.8. The normalized spacial score (nSPS) is 27.2. The lowest BCUT2D eigenvalue weighted by Crippen LogP contribution is -2.40. The van der Waals surface area contributed by atoms with Crippen LogP contribution in [-0.2, 0) is 14.3 Å². The first-order chi connectivity index (χ1) is 7.75. The van der Waals surface area contributed by atoms with Crippen LogP contribution < -0.4 is 0 Å². The fourth-order valence-corrected chi connectivity index (χ4v) is 2.24. The number of hydrogen-bond donors (Lipinski definition) is 0. The number of carbonyl (C=O) groups excluding carboxylic acids is 1. The van der Waals surface area contributed by atoms with E-state index in [0.29, 0.717) is 0 Å². The van der Waals surface area contributed by atoms with Gasteiger partial charge in [-0.15, -0.1) is 0 Å². The van der Waals surface area contributed by atoms with Crippen LogP contribution >= 0.6 is 23.4 Å². The molecule has 0 aromatic rings. The summed E-state index contributed by atoms with van der Waals surface area (Å²) in [4.78, 5) is 14.0. The van der Waals surface area contributed by atoms with Crippen LogP contribution in [0.5, 0.6) is 0 Å². The van der Waals surface area contributed by atoms with Crippen LogP contribution in [0.25, 0.3) is 0 Å². The van der Waals surface area contributed by atoms with Gasteiger partial charge in [0.25, 0.3) is 0 Å². The van der Waals surface area contributed by atoms with E-state index in [4.69, 9.17) is 11.6 Å². The lowest BCUT2D eigenvalue weighted by molar-refractivity contribution is -0.225. The summed E-state index contributed by atoms with van der Waals surface area (Å²) in [5.74, 6) is -0.824. The van der Waals surface area contributed by atoms with E-state index in [-0.39, 0.29) is 16.7 Å². The topological polar surface area (TPSA) is 47.9 Å². The number of esters is 1. The van der Waals surface area contributed by atoms with Crippen molar-refractivity contribution in [2.45, 2.75) is 11.2 Å². The summed E-state index contributed by atoms with van der Waals surface area (Å²) in [5, 5.41) is -3.25. The fraction of sp³-hybridized carbons (Fsp3) is 0.500. The molecule has 0 N–H and O–H groups in total. The van der Waals surface area contributed by atoms with Crippen molar-refractivity contribution in [1.29, 1.82) is 0 Å². The van der Waals surface area contributed by atoms with Gasteiger partial charge in [0, 0.05) is 13.2 Å². The van der Waals surface area contributed by atoms with Crippen molar-refractivity contribution < 1.29 is 27.4 Å². The summed E-state index contributed by atoms with van der Waals surface area (Å²) in [6.07, 6.45) is -3.93. The van der Waals surface area contributed by atoms with Crippen molar-refractivity contribution in [3.05, 3.63) is 11.0 Å². The van der Waals surface area contributed by atoms with Crippen molar-refractivity contribution in [1.82, 2.24) is 0 Å². The highest BCUT2D eigenvalue weighted by Crippen LogP contribution is 2.51. The molecule has 0 unspecified atom stereocenters. The monoisotopic (exact) mass is 289 g/mol. The van der Waals surface area contributed by atoms with Crippen LogP contribution in [0.1, 0.15) is 0 Å². The zero-order valence-electron chi connectivity index (χ0n) is 8.67. The number of rotatable bonds is 2. The van der Waals surface area contributed by atoms with E-state index in [2.05, 4.69) is 14.5 Å². The zero-order chi connectivity index (χ0) is 13.3. The highest BCUT2D eigenvalue weighted by Gasteiger charge is 2.60. The summed E-state index contributed by atoms with van der Waals surface area (Å²) in [5.41, 5.74) is 0. The Morgan fingerprint density at radius 3 is 2.47 bits per heavy atom. The van der Waals surface area contributed by atoms with Crippen LogP contribution in [0.3, 0.4) is 0 Å². The second kappa shape index (κ2) is 4.87. The SMILES string of the molecule is COC(=O)/C=C1/S[C@](OC)(C(F)(F)F)N=C1Cl. The molecule has 0 bridgehead atoms. The molecule has 0 aromatic carbocycles. The maximum Gasteiger partial charge on any atom is 0.449 e. The Bertz CT molecular complexity index is 396. The Morgan fingerprint density at radius 1 is 1.53 bits per heavy atom. The lowest BCUT2D eigenvalue weighted by atomic mass is 10.5. The van der Waals surface area contributed by atoms with Crippen molar-refractivity contribution >= 4 is 34.5 Å². The van der Waals surface area contributed by atoms with Gasteiger partial charge >= 0.3 is 17.2 Å². The molecule has 0 spiro atoms. The van der Waals surface area contributed by atoms with E-state index in [1.807, 2.05) is 0 Å². The van der Waals surface area contributed by atoms with Crippen LogP contribution in [0.2, 0.25) is 0 Å². The third-order valence-electron chi connectivity index (χ3n) is 1.78. The Kier molecular flexibility index (Phi) is 4.11. The first-order valence-corrected chi connectivity index (χ1v) is 5.31. The Labute approximate surface area is 104 Å². The molecule has 0 amide bonds. The first kappa shape index (κ1) is 14.3. The molecule has 1 atom stereocenters. The molecule has 96 valence electrons. The van der Waals surface area contributed by atoms with Crippen molar-refractivity contribution in [3.8, 4) is 0 Å². The third-order valence-corrected chi connectivity index (χ3v) is 3.48. The molecular weight excluding hydrogens is 283 g/mol. The summed E-state index contributed by atoms with van der Waals surface area (Å²) in [6, 6.07) is 0. The van der Waals surface area contributed by atoms with Crippen LogP contribution in [0, 0.1) is 0 Å². The number of aliphatic imine (C=N–C) groups is 1. The number of methoxy groups -OCH3 is 2. The van der Waals surface area contributed by atoms with E-state index in [9.17, 15) is 18.0 Å². The predicted octanol–water partition coefficient (Wildman–Crippen LogP) is 2.29. The molecule has 0 saturated carbocycles. The number of carbonyl (C=O) groups is 1. The van der Waals surface area contributed by atoms with Gasteiger partial charge in [-0.05, 0) is 0 Å². The van der Waals surface area contributed by atoms with E-state index >= 15 is 0 Å². The highest BCUT2D eigenvalue weighted by molar-refractivity contribution is 8.05. The third kappa shape index (κ3) is 2.75. The van der Waals surface area contributed by atoms with Gasteiger partial charge in [0.2, 0.25) is 0 Å². The van der Waals surface area contributed by atoms with E-state index in [1.165, 1.54) is 0 Å². The van der Waals surface area contributed by atoms with E-state index < -0.39 is 22.4 Å². The fourth-order valence-electron chi connectivity index (χ4n) is 0.978. The van der Waals surface area contributed by atoms with Crippen molar-refractivity contribution in [2.75, 3.05) is 14.2 Å².